The van der Waals surface area contributed by atoms with Gasteiger partial charge in [-0.3, -0.25) is 14.4 Å². The van der Waals surface area contributed by atoms with Crippen molar-refractivity contribution in [3.8, 4) is 0 Å². The second-order valence-electron chi connectivity index (χ2n) is 11.0. The predicted octanol–water partition coefficient (Wildman–Crippen LogP) is 2.63. The molecule has 0 saturated heterocycles. The molecule has 3 rings (SSSR count). The number of likely N-dealkylation sites (N-methyl/N-ethyl adjacent to an activating group) is 1. The third-order valence-electron chi connectivity index (χ3n) is 6.23. The first-order valence-electron chi connectivity index (χ1n) is 13.3. The molecule has 0 bridgehead atoms. The van der Waals surface area contributed by atoms with E-state index in [1.165, 1.54) is 35.0 Å². The van der Waals surface area contributed by atoms with Gasteiger partial charge in [-0.25, -0.2) is 19.7 Å². The number of carbonyl (C=O) groups excluding carboxylic acids is 3. The number of ether oxygens (including phenoxy) is 1. The molecule has 3 aromatic heterocycles. The number of allylic oxidation sites excluding steroid dienone is 1. The normalized spacial score (nSPS) is 12.3. The summed E-state index contributed by atoms with van der Waals surface area (Å²) in [7, 11) is 4.44. The summed E-state index contributed by atoms with van der Waals surface area (Å²) in [5, 5.41) is 5.08. The van der Waals surface area contributed by atoms with Gasteiger partial charge in [0.15, 0.2) is 5.65 Å². The van der Waals surface area contributed by atoms with Crippen molar-refractivity contribution in [3.05, 3.63) is 58.7 Å². The number of H-pyrrole nitrogens is 1. The topological polar surface area (TPSA) is 164 Å². The van der Waals surface area contributed by atoms with Crippen LogP contribution in [0, 0.1) is 5.41 Å². The summed E-state index contributed by atoms with van der Waals surface area (Å²) >= 11 is 0. The fourth-order valence-electron chi connectivity index (χ4n) is 3.88. The number of nitrogens with one attached hydrogen (secondary N) is 3. The van der Waals surface area contributed by atoms with Crippen LogP contribution in [0.4, 0.5) is 10.5 Å². The minimum Gasteiger partial charge on any atom is -0.453 e. The lowest BCUT2D eigenvalue weighted by Crippen LogP contribution is -2.44. The van der Waals surface area contributed by atoms with Gasteiger partial charge >= 0.3 is 6.09 Å². The number of hydrogen-bond donors (Lipinski definition) is 3. The Labute approximate surface area is 238 Å². The Kier molecular flexibility index (Phi) is 10.3. The minimum atomic E-state index is -1.00. The van der Waals surface area contributed by atoms with Crippen LogP contribution in [-0.4, -0.2) is 74.6 Å². The van der Waals surface area contributed by atoms with E-state index in [4.69, 9.17) is 0 Å². The molecule has 13 nitrogen and oxygen atoms in total. The molecule has 3 N–H and O–H groups in total. The number of nitrogens with zero attached hydrogens (tertiary/aromatic N) is 5. The molecule has 0 aromatic carbocycles. The lowest BCUT2D eigenvalue weighted by molar-refractivity contribution is -0.123. The Morgan fingerprint density at radius 2 is 1.98 bits per heavy atom. The minimum absolute atomic E-state index is 0.0364. The first-order valence-corrected chi connectivity index (χ1v) is 13.3. The maximum atomic E-state index is 13.2. The number of hydrogen-bond acceptors (Lipinski definition) is 8. The van der Waals surface area contributed by atoms with Crippen LogP contribution in [0.2, 0.25) is 0 Å². The molecule has 0 spiro atoms. The molecule has 0 fully saturated rings. The number of alkyl carbamates (subject to hydrolysis) is 1. The fourth-order valence-corrected chi connectivity index (χ4v) is 3.88. The van der Waals surface area contributed by atoms with E-state index in [0.29, 0.717) is 23.4 Å². The number of pyridine rings is 1. The monoisotopic (exact) mass is 566 g/mol. The highest BCUT2D eigenvalue weighted by Crippen LogP contribution is 2.23. The zero-order valence-corrected chi connectivity index (χ0v) is 24.4. The number of anilines is 1. The Hall–Kier alpha value is -4.55. The Balaban J connectivity index is 1.75. The summed E-state index contributed by atoms with van der Waals surface area (Å²) in [6.45, 7) is 6.61. The molecule has 1 unspecified atom stereocenters. The number of fused-ring (bicyclic) bond motifs is 1. The van der Waals surface area contributed by atoms with Crippen LogP contribution in [-0.2, 0) is 27.3 Å². The molecule has 13 heteroatoms. The standard InChI is InChI=1S/C28H38N8O5/c1-28(2,3)14-13-18-23-24(30-17-29-18)34-21(33-23)16-36-15-9-11-20(26(36)39)31-25(38)19(32-27(40)41-6)10-7-8-12-22(37)35(4)5/h8-9,11-12,15,17,19H,7,10,13-14,16H2,1-6H3,(H,31,38)(H,32,40)(H,29,30,33,34). The molecule has 3 heterocycles. The van der Waals surface area contributed by atoms with Crippen LogP contribution in [0.1, 0.15) is 51.6 Å². The van der Waals surface area contributed by atoms with E-state index in [-0.39, 0.29) is 30.0 Å². The molecular formula is C28H38N8O5. The predicted molar refractivity (Wildman–Crippen MR) is 154 cm³/mol. The quantitative estimate of drug-likeness (QED) is 0.298. The fraction of sp³-hybridized carbons (Fsp3) is 0.464. The molecule has 3 amide bonds. The lowest BCUT2D eigenvalue weighted by atomic mass is 9.90. The van der Waals surface area contributed by atoms with E-state index in [1.807, 2.05) is 0 Å². The van der Waals surface area contributed by atoms with Crippen LogP contribution >= 0.6 is 0 Å². The van der Waals surface area contributed by atoms with Crippen molar-refractivity contribution >= 4 is 34.8 Å². The zero-order chi connectivity index (χ0) is 30.2. The largest absolute Gasteiger partial charge is 0.453 e. The lowest BCUT2D eigenvalue weighted by Gasteiger charge is -2.17. The third-order valence-corrected chi connectivity index (χ3v) is 6.23. The first-order chi connectivity index (χ1) is 19.4. The van der Waals surface area contributed by atoms with E-state index in [2.05, 4.69) is 56.1 Å². The van der Waals surface area contributed by atoms with E-state index >= 15 is 0 Å². The van der Waals surface area contributed by atoms with Crippen molar-refractivity contribution in [2.75, 3.05) is 26.5 Å². The van der Waals surface area contributed by atoms with Gasteiger partial charge in [-0.2, -0.15) is 0 Å². The van der Waals surface area contributed by atoms with Gasteiger partial charge in [0.25, 0.3) is 5.56 Å². The molecule has 1 atom stereocenters. The van der Waals surface area contributed by atoms with Gasteiger partial charge in [-0.1, -0.05) is 26.8 Å². The number of rotatable bonds is 11. The molecule has 220 valence electrons. The number of imidazole rings is 1. The molecule has 0 saturated carbocycles. The average molecular weight is 567 g/mol. The van der Waals surface area contributed by atoms with Gasteiger partial charge < -0.3 is 29.8 Å². The molecule has 3 aromatic rings. The van der Waals surface area contributed by atoms with Gasteiger partial charge in [0.1, 0.15) is 29.4 Å². The first kappa shape index (κ1) is 31.0. The summed E-state index contributed by atoms with van der Waals surface area (Å²) in [5.74, 6) is -0.276. The van der Waals surface area contributed by atoms with Crippen LogP contribution in [0.3, 0.4) is 0 Å². The molecule has 41 heavy (non-hydrogen) atoms. The van der Waals surface area contributed by atoms with Crippen LogP contribution in [0.25, 0.3) is 11.2 Å². The number of aromatic nitrogens is 5. The van der Waals surface area contributed by atoms with Crippen molar-refractivity contribution in [2.45, 2.75) is 59.0 Å². The third kappa shape index (κ3) is 8.98. The summed E-state index contributed by atoms with van der Waals surface area (Å²) in [6.07, 6.45) is 7.48. The van der Waals surface area contributed by atoms with Crippen molar-refractivity contribution in [3.63, 3.8) is 0 Å². The highest BCUT2D eigenvalue weighted by atomic mass is 16.5. The van der Waals surface area contributed by atoms with Gasteiger partial charge in [-0.15, -0.1) is 0 Å². The molecule has 0 aliphatic heterocycles. The van der Waals surface area contributed by atoms with Crippen molar-refractivity contribution < 1.29 is 19.1 Å². The number of methoxy groups -OCH3 is 1. The molecule has 0 aliphatic rings. The molecule has 0 aliphatic carbocycles. The zero-order valence-electron chi connectivity index (χ0n) is 24.4. The second-order valence-corrected chi connectivity index (χ2v) is 11.0. The van der Waals surface area contributed by atoms with Gasteiger partial charge in [0, 0.05) is 20.3 Å². The Morgan fingerprint density at radius 3 is 2.66 bits per heavy atom. The number of amides is 3. The maximum absolute atomic E-state index is 13.2. The summed E-state index contributed by atoms with van der Waals surface area (Å²) in [6, 6.07) is 2.11. The summed E-state index contributed by atoms with van der Waals surface area (Å²) in [5.41, 5.74) is 1.83. The van der Waals surface area contributed by atoms with Gasteiger partial charge in [-0.05, 0) is 49.3 Å². The van der Waals surface area contributed by atoms with E-state index in [9.17, 15) is 19.2 Å². The number of aromatic amines is 1. The second kappa shape index (κ2) is 13.7. The SMILES string of the molecule is COC(=O)NC(CCC=CC(=O)N(C)C)C(=O)Nc1cccn(Cc2nc3c(CCC(C)(C)C)ncnc3[nH]2)c1=O. The Bertz CT molecular complexity index is 1470. The van der Waals surface area contributed by atoms with Gasteiger partial charge in [0.2, 0.25) is 11.8 Å². The van der Waals surface area contributed by atoms with E-state index < -0.39 is 23.6 Å². The highest BCUT2D eigenvalue weighted by Gasteiger charge is 2.22. The van der Waals surface area contributed by atoms with Crippen molar-refractivity contribution in [1.29, 1.82) is 0 Å². The highest BCUT2D eigenvalue weighted by molar-refractivity contribution is 5.96. The van der Waals surface area contributed by atoms with Crippen molar-refractivity contribution in [1.82, 2.24) is 34.7 Å². The van der Waals surface area contributed by atoms with Crippen LogP contribution < -0.4 is 16.2 Å². The smallest absolute Gasteiger partial charge is 0.407 e. The number of aryl methyl sites for hydroxylation is 1. The van der Waals surface area contributed by atoms with Crippen molar-refractivity contribution in [2.24, 2.45) is 5.41 Å². The van der Waals surface area contributed by atoms with E-state index in [1.54, 1.807) is 32.4 Å². The van der Waals surface area contributed by atoms with Crippen LogP contribution in [0.5, 0.6) is 0 Å². The number of carbonyl (C=O) groups is 3. The van der Waals surface area contributed by atoms with Gasteiger partial charge in [0.05, 0.1) is 19.3 Å². The van der Waals surface area contributed by atoms with Crippen LogP contribution in [0.15, 0.2) is 41.6 Å². The average Bonchev–Trinajstić information content (AvgIpc) is 3.33. The maximum Gasteiger partial charge on any atom is 0.407 e. The molecule has 0 radical (unpaired) electrons. The Morgan fingerprint density at radius 1 is 1.22 bits per heavy atom. The molecular weight excluding hydrogens is 528 g/mol. The summed E-state index contributed by atoms with van der Waals surface area (Å²) in [4.78, 5) is 67.8. The van der Waals surface area contributed by atoms with E-state index in [0.717, 1.165) is 18.5 Å². The summed E-state index contributed by atoms with van der Waals surface area (Å²) < 4.78 is 6.05.